The largest absolute Gasteiger partial charge is 0.465 e. The lowest BCUT2D eigenvalue weighted by Crippen LogP contribution is -2.20. The van der Waals surface area contributed by atoms with E-state index < -0.39 is 0 Å². The van der Waals surface area contributed by atoms with Gasteiger partial charge in [0.25, 0.3) is 0 Å². The smallest absolute Gasteiger partial charge is 0.306 e. The van der Waals surface area contributed by atoms with E-state index in [1.54, 1.807) is 11.9 Å². The SMILES string of the molecule is CN1C[C@@H](COC(=O)CCc2ccccc2)CC1=O. The molecule has 0 spiro atoms. The lowest BCUT2D eigenvalue weighted by molar-refractivity contribution is -0.145. The number of hydrogen-bond acceptors (Lipinski definition) is 3. The molecule has 4 nitrogen and oxygen atoms in total. The molecular formula is C15H19NO3. The first kappa shape index (κ1) is 13.6. The number of nitrogens with zero attached hydrogens (tertiary/aromatic N) is 1. The van der Waals surface area contributed by atoms with Gasteiger partial charge in [-0.25, -0.2) is 0 Å². The maximum absolute atomic E-state index is 11.6. The Morgan fingerprint density at radius 1 is 1.37 bits per heavy atom. The fourth-order valence-corrected chi connectivity index (χ4v) is 2.24. The minimum atomic E-state index is -0.189. The van der Waals surface area contributed by atoms with E-state index in [9.17, 15) is 9.59 Å². The molecular weight excluding hydrogens is 242 g/mol. The van der Waals surface area contributed by atoms with Crippen LogP contribution in [0.2, 0.25) is 0 Å². The number of hydrogen-bond donors (Lipinski definition) is 0. The van der Waals surface area contributed by atoms with Gasteiger partial charge in [0.05, 0.1) is 6.61 Å². The summed E-state index contributed by atoms with van der Waals surface area (Å²) < 4.78 is 5.23. The van der Waals surface area contributed by atoms with Crippen molar-refractivity contribution in [3.05, 3.63) is 35.9 Å². The highest BCUT2D eigenvalue weighted by Gasteiger charge is 2.27. The van der Waals surface area contributed by atoms with E-state index in [4.69, 9.17) is 4.74 Å². The monoisotopic (exact) mass is 261 g/mol. The highest BCUT2D eigenvalue weighted by atomic mass is 16.5. The lowest BCUT2D eigenvalue weighted by Gasteiger charge is -2.10. The fourth-order valence-electron chi connectivity index (χ4n) is 2.24. The van der Waals surface area contributed by atoms with Gasteiger partial charge in [-0.2, -0.15) is 0 Å². The topological polar surface area (TPSA) is 46.6 Å². The number of benzene rings is 1. The van der Waals surface area contributed by atoms with Crippen molar-refractivity contribution in [2.45, 2.75) is 19.3 Å². The third-order valence-corrected chi connectivity index (χ3v) is 3.36. The number of aryl methyl sites for hydroxylation is 1. The summed E-state index contributed by atoms with van der Waals surface area (Å²) in [5, 5.41) is 0. The van der Waals surface area contributed by atoms with Gasteiger partial charge in [0.1, 0.15) is 0 Å². The quantitative estimate of drug-likeness (QED) is 0.757. The molecule has 1 aliphatic heterocycles. The van der Waals surface area contributed by atoms with Gasteiger partial charge in [0.15, 0.2) is 0 Å². The number of carbonyl (C=O) groups is 2. The molecule has 0 bridgehead atoms. The number of amides is 1. The molecule has 0 aliphatic carbocycles. The van der Waals surface area contributed by atoms with E-state index in [1.165, 1.54) is 0 Å². The first-order chi connectivity index (χ1) is 9.15. The van der Waals surface area contributed by atoms with Gasteiger partial charge < -0.3 is 9.64 Å². The van der Waals surface area contributed by atoms with Crippen molar-refractivity contribution in [3.63, 3.8) is 0 Å². The first-order valence-electron chi connectivity index (χ1n) is 6.58. The van der Waals surface area contributed by atoms with Gasteiger partial charge in [-0.3, -0.25) is 9.59 Å². The number of rotatable bonds is 5. The van der Waals surface area contributed by atoms with Crippen LogP contribution in [-0.4, -0.2) is 37.0 Å². The van der Waals surface area contributed by atoms with E-state index in [-0.39, 0.29) is 17.8 Å². The van der Waals surface area contributed by atoms with E-state index >= 15 is 0 Å². The Morgan fingerprint density at radius 3 is 2.74 bits per heavy atom. The average Bonchev–Trinajstić information content (AvgIpc) is 2.74. The van der Waals surface area contributed by atoms with Crippen LogP contribution in [0, 0.1) is 5.92 Å². The van der Waals surface area contributed by atoms with Crippen molar-refractivity contribution in [3.8, 4) is 0 Å². The summed E-state index contributed by atoms with van der Waals surface area (Å²) >= 11 is 0. The normalized spacial score (nSPS) is 18.7. The molecule has 0 saturated carbocycles. The van der Waals surface area contributed by atoms with Gasteiger partial charge in [-0.15, -0.1) is 0 Å². The zero-order valence-electron chi connectivity index (χ0n) is 11.2. The van der Waals surface area contributed by atoms with Crippen molar-refractivity contribution in [2.75, 3.05) is 20.2 Å². The summed E-state index contributed by atoms with van der Waals surface area (Å²) in [5.74, 6) is 0.0920. The van der Waals surface area contributed by atoms with Crippen LogP contribution >= 0.6 is 0 Å². The Bertz CT molecular complexity index is 444. The lowest BCUT2D eigenvalue weighted by atomic mass is 10.1. The molecule has 1 fully saturated rings. The van der Waals surface area contributed by atoms with Crippen LogP contribution in [0.25, 0.3) is 0 Å². The van der Waals surface area contributed by atoms with Crippen LogP contribution in [0.15, 0.2) is 30.3 Å². The zero-order valence-corrected chi connectivity index (χ0v) is 11.2. The van der Waals surface area contributed by atoms with Crippen LogP contribution in [0.4, 0.5) is 0 Å². The van der Waals surface area contributed by atoms with Gasteiger partial charge in [-0.1, -0.05) is 30.3 Å². The van der Waals surface area contributed by atoms with E-state index in [1.807, 2.05) is 30.3 Å². The minimum Gasteiger partial charge on any atom is -0.465 e. The Kier molecular flexibility index (Phi) is 4.55. The average molecular weight is 261 g/mol. The summed E-state index contributed by atoms with van der Waals surface area (Å²) in [4.78, 5) is 24.6. The zero-order chi connectivity index (χ0) is 13.7. The van der Waals surface area contributed by atoms with Gasteiger partial charge in [0, 0.05) is 32.4 Å². The van der Waals surface area contributed by atoms with Crippen molar-refractivity contribution in [1.29, 1.82) is 0 Å². The number of ether oxygens (including phenoxy) is 1. The maximum Gasteiger partial charge on any atom is 0.306 e. The fraction of sp³-hybridized carbons (Fsp3) is 0.467. The molecule has 4 heteroatoms. The van der Waals surface area contributed by atoms with Crippen molar-refractivity contribution in [2.24, 2.45) is 5.92 Å². The molecule has 0 unspecified atom stereocenters. The first-order valence-corrected chi connectivity index (χ1v) is 6.58. The van der Waals surface area contributed by atoms with Crippen LogP contribution in [-0.2, 0) is 20.7 Å². The van der Waals surface area contributed by atoms with Crippen LogP contribution in [0.3, 0.4) is 0 Å². The van der Waals surface area contributed by atoms with Crippen LogP contribution in [0.1, 0.15) is 18.4 Å². The standard InChI is InChI=1S/C15H19NO3/c1-16-10-13(9-14(16)17)11-19-15(18)8-7-12-5-3-2-4-6-12/h2-6,13H,7-11H2,1H3/t13-/m0/s1. The van der Waals surface area contributed by atoms with E-state index in [2.05, 4.69) is 0 Å². The molecule has 1 aromatic carbocycles. The van der Waals surface area contributed by atoms with E-state index in [0.29, 0.717) is 32.4 Å². The molecule has 2 rings (SSSR count). The second-order valence-corrected chi connectivity index (χ2v) is 5.01. The number of esters is 1. The number of likely N-dealkylation sites (tertiary alicyclic amines) is 1. The molecule has 19 heavy (non-hydrogen) atoms. The molecule has 0 aromatic heterocycles. The summed E-state index contributed by atoms with van der Waals surface area (Å²) in [6.45, 7) is 1.04. The summed E-state index contributed by atoms with van der Waals surface area (Å²) in [6.07, 6.45) is 1.58. The highest BCUT2D eigenvalue weighted by Crippen LogP contribution is 2.16. The van der Waals surface area contributed by atoms with E-state index in [0.717, 1.165) is 5.56 Å². The Labute approximate surface area is 113 Å². The Balaban J connectivity index is 1.67. The molecule has 1 heterocycles. The molecule has 1 aliphatic rings. The molecule has 1 atom stereocenters. The predicted octanol–water partition coefficient (Wildman–Crippen LogP) is 1.64. The molecule has 1 amide bonds. The summed E-state index contributed by atoms with van der Waals surface area (Å²) in [6, 6.07) is 9.87. The van der Waals surface area contributed by atoms with Gasteiger partial charge in [0.2, 0.25) is 5.91 Å². The van der Waals surface area contributed by atoms with Gasteiger partial charge in [-0.05, 0) is 12.0 Å². The Hall–Kier alpha value is -1.84. The second-order valence-electron chi connectivity index (χ2n) is 5.01. The molecule has 102 valence electrons. The highest BCUT2D eigenvalue weighted by molar-refractivity contribution is 5.78. The predicted molar refractivity (Wildman–Crippen MR) is 71.5 cm³/mol. The second kappa shape index (κ2) is 6.36. The molecule has 0 radical (unpaired) electrons. The molecule has 1 saturated heterocycles. The third kappa shape index (κ3) is 4.09. The summed E-state index contributed by atoms with van der Waals surface area (Å²) in [5.41, 5.74) is 1.13. The maximum atomic E-state index is 11.6. The van der Waals surface area contributed by atoms with Crippen LogP contribution in [0.5, 0.6) is 0 Å². The van der Waals surface area contributed by atoms with Crippen molar-refractivity contribution in [1.82, 2.24) is 4.90 Å². The molecule has 1 aromatic rings. The Morgan fingerprint density at radius 2 is 2.11 bits per heavy atom. The van der Waals surface area contributed by atoms with Crippen molar-refractivity contribution >= 4 is 11.9 Å². The summed E-state index contributed by atoms with van der Waals surface area (Å²) in [7, 11) is 1.78. The molecule has 0 N–H and O–H groups in total. The van der Waals surface area contributed by atoms with Gasteiger partial charge >= 0.3 is 5.97 Å². The third-order valence-electron chi connectivity index (χ3n) is 3.36. The number of carbonyl (C=O) groups excluding carboxylic acids is 2. The minimum absolute atomic E-state index is 0.130. The van der Waals surface area contributed by atoms with Crippen LogP contribution < -0.4 is 0 Å². The van der Waals surface area contributed by atoms with Crippen molar-refractivity contribution < 1.29 is 14.3 Å².